The van der Waals surface area contributed by atoms with Crippen LogP contribution in [0.3, 0.4) is 0 Å². The number of rotatable bonds is 12. The van der Waals surface area contributed by atoms with Crippen molar-refractivity contribution in [2.75, 3.05) is 70.3 Å². The smallest absolute Gasteiger partial charge is 0.404 e. The maximum absolute atomic E-state index is 16.1. The van der Waals surface area contributed by atoms with E-state index in [1.54, 1.807) is 36.4 Å². The fourth-order valence-electron chi connectivity index (χ4n) is 9.60. The van der Waals surface area contributed by atoms with Crippen molar-refractivity contribution in [3.63, 3.8) is 0 Å². The number of carbonyl (C=O) groups is 2. The van der Waals surface area contributed by atoms with Crippen molar-refractivity contribution in [2.45, 2.75) is 65.8 Å². The van der Waals surface area contributed by atoms with Gasteiger partial charge in [0, 0.05) is 43.3 Å². The van der Waals surface area contributed by atoms with E-state index in [1.165, 1.54) is 17.0 Å². The number of sulfone groups is 1. The van der Waals surface area contributed by atoms with Gasteiger partial charge in [0.25, 0.3) is 0 Å². The van der Waals surface area contributed by atoms with Crippen molar-refractivity contribution in [2.24, 2.45) is 11.8 Å². The van der Waals surface area contributed by atoms with Crippen molar-refractivity contribution < 1.29 is 31.9 Å². The first kappa shape index (κ1) is 35.8. The van der Waals surface area contributed by atoms with Crippen LogP contribution >= 0.6 is 0 Å². The van der Waals surface area contributed by atoms with Gasteiger partial charge in [0.1, 0.15) is 11.1 Å². The summed E-state index contributed by atoms with van der Waals surface area (Å²) in [5.74, 6) is -0.339. The molecule has 0 spiro atoms. The van der Waals surface area contributed by atoms with E-state index in [2.05, 4.69) is 21.7 Å². The molecule has 2 amide bonds. The number of hydrogen-bond donors (Lipinski definition) is 2. The lowest BCUT2D eigenvalue weighted by Gasteiger charge is -2.54. The van der Waals surface area contributed by atoms with Crippen LogP contribution in [0, 0.1) is 17.7 Å². The first-order chi connectivity index (χ1) is 24.4. The molecule has 2 aromatic rings. The van der Waals surface area contributed by atoms with Crippen molar-refractivity contribution in [1.82, 2.24) is 20.0 Å². The number of carboxylic acid groups (broad SMARTS) is 1. The van der Waals surface area contributed by atoms with Gasteiger partial charge in [0.2, 0.25) is 5.91 Å². The van der Waals surface area contributed by atoms with Crippen molar-refractivity contribution in [1.29, 1.82) is 0 Å². The molecule has 51 heavy (non-hydrogen) atoms. The van der Waals surface area contributed by atoms with Crippen LogP contribution in [-0.4, -0.2) is 123 Å². The van der Waals surface area contributed by atoms with Gasteiger partial charge in [-0.05, 0) is 118 Å². The lowest BCUT2D eigenvalue weighted by Crippen LogP contribution is -2.65. The molecule has 0 bridgehead atoms. The molecule has 1 saturated carbocycles. The third-order valence-electron chi connectivity index (χ3n) is 12.4. The normalized spacial score (nSPS) is 25.7. The Morgan fingerprint density at radius 1 is 0.980 bits per heavy atom. The number of nitrogens with zero attached hydrogens (tertiary/aromatic N) is 4. The van der Waals surface area contributed by atoms with Gasteiger partial charge >= 0.3 is 6.09 Å². The molecule has 4 heterocycles. The van der Waals surface area contributed by atoms with Crippen LogP contribution in [0.2, 0.25) is 0 Å². The number of amides is 2. The molecular weight excluding hydrogens is 677 g/mol. The summed E-state index contributed by atoms with van der Waals surface area (Å²) in [5.41, 5.74) is -0.113. The highest BCUT2D eigenvalue weighted by atomic mass is 32.2. The van der Waals surface area contributed by atoms with Gasteiger partial charge in [-0.1, -0.05) is 25.1 Å². The predicted octanol–water partition coefficient (Wildman–Crippen LogP) is 4.32. The molecule has 276 valence electrons. The minimum atomic E-state index is -3.58. The Morgan fingerprint density at radius 3 is 2.29 bits per heavy atom. The van der Waals surface area contributed by atoms with Crippen molar-refractivity contribution in [3.05, 3.63) is 72.6 Å². The van der Waals surface area contributed by atoms with E-state index < -0.39 is 32.3 Å². The third kappa shape index (κ3) is 7.01. The van der Waals surface area contributed by atoms with Crippen LogP contribution in [0.15, 0.2) is 66.1 Å². The molecule has 5 fully saturated rings. The maximum atomic E-state index is 16.1. The number of alkyl halides is 1. The van der Waals surface area contributed by atoms with Crippen LogP contribution in [0.25, 0.3) is 0 Å². The minimum absolute atomic E-state index is 0.0338. The second-order valence-electron chi connectivity index (χ2n) is 15.4. The van der Waals surface area contributed by atoms with Crippen molar-refractivity contribution >= 4 is 27.5 Å². The lowest BCUT2D eigenvalue weighted by atomic mass is 9.57. The quantitative estimate of drug-likeness (QED) is 0.312. The van der Waals surface area contributed by atoms with Crippen LogP contribution in [-0.2, 0) is 20.0 Å². The molecule has 2 aromatic carbocycles. The molecule has 1 aliphatic carbocycles. The van der Waals surface area contributed by atoms with Crippen LogP contribution < -0.4 is 10.2 Å². The highest BCUT2D eigenvalue weighted by molar-refractivity contribution is 7.92. The van der Waals surface area contributed by atoms with E-state index in [-0.39, 0.29) is 60.7 Å². The van der Waals surface area contributed by atoms with Gasteiger partial charge in [0.05, 0.1) is 18.0 Å². The minimum Gasteiger partial charge on any atom is -0.465 e. The summed E-state index contributed by atoms with van der Waals surface area (Å²) in [6.07, 6.45) is 5.48. The van der Waals surface area contributed by atoms with Crippen molar-refractivity contribution in [3.8, 4) is 0 Å². The SMILES string of the molecule is C=CC(=O)N1CC(S(=O)(=O)c2ccc(N3CC(F)(CN4CCC(C(CN5CCC5)(c5cccc(F)c5)[C@H]5CCC[C@@H]5NC(=O)O)CC4)C3)cc2)C1. The van der Waals surface area contributed by atoms with E-state index in [1.807, 2.05) is 11.0 Å². The zero-order valence-corrected chi connectivity index (χ0v) is 29.9. The van der Waals surface area contributed by atoms with Gasteiger partial charge in [-0.3, -0.25) is 9.69 Å². The molecule has 0 radical (unpaired) electrons. The summed E-state index contributed by atoms with van der Waals surface area (Å²) in [7, 11) is -3.58. The number of likely N-dealkylation sites (tertiary alicyclic amines) is 3. The summed E-state index contributed by atoms with van der Waals surface area (Å²) in [6, 6.07) is 13.3. The predicted molar refractivity (Wildman–Crippen MR) is 191 cm³/mol. The number of hydrogen-bond acceptors (Lipinski definition) is 7. The standard InChI is InChI=1S/C38H49F2N5O5S/c1-2-35(46)44-21-32(22-44)51(49,50)31-12-10-30(11-13-31)45-24-37(40,25-45)23-43-18-14-27(15-19-43)38(26-42-16-5-17-42,28-6-3-7-29(39)20-28)33-8-4-9-34(33)41-36(47)48/h2-3,6-7,10-13,20,27,32-34,41H,1,4-5,8-9,14-19,21-26H2,(H,47,48)/t33-,34-,38?/m0/s1. The summed E-state index contributed by atoms with van der Waals surface area (Å²) >= 11 is 0. The topological polar surface area (TPSA) is 114 Å². The molecule has 5 aliphatic rings. The Balaban J connectivity index is 0.998. The number of anilines is 1. The number of benzene rings is 2. The van der Waals surface area contributed by atoms with E-state index in [0.717, 1.165) is 69.4 Å². The van der Waals surface area contributed by atoms with Gasteiger partial charge in [0.15, 0.2) is 15.5 Å². The number of piperidine rings is 1. The molecule has 1 unspecified atom stereocenters. The average Bonchev–Trinajstić information content (AvgIpc) is 3.50. The number of nitrogens with one attached hydrogen (secondary N) is 1. The summed E-state index contributed by atoms with van der Waals surface area (Å²) in [4.78, 5) is 31.8. The summed E-state index contributed by atoms with van der Waals surface area (Å²) in [5, 5.41) is 11.9. The van der Waals surface area contributed by atoms with Crippen LogP contribution in [0.4, 0.5) is 19.3 Å². The first-order valence-electron chi connectivity index (χ1n) is 18.3. The molecule has 0 aromatic heterocycles. The zero-order valence-electron chi connectivity index (χ0n) is 29.1. The summed E-state index contributed by atoms with van der Waals surface area (Å²) < 4.78 is 57.1. The Kier molecular flexibility index (Phi) is 9.92. The van der Waals surface area contributed by atoms with Gasteiger partial charge in [-0.2, -0.15) is 0 Å². The van der Waals surface area contributed by atoms with E-state index >= 15 is 4.39 Å². The van der Waals surface area contributed by atoms with Gasteiger partial charge < -0.3 is 25.1 Å². The molecular formula is C38H49F2N5O5S. The van der Waals surface area contributed by atoms with E-state index in [0.29, 0.717) is 19.6 Å². The Bertz CT molecular complexity index is 1720. The Hall–Kier alpha value is -3.55. The zero-order chi connectivity index (χ0) is 36.0. The number of halogens is 2. The molecule has 13 heteroatoms. The fourth-order valence-corrected chi connectivity index (χ4v) is 11.2. The molecule has 7 rings (SSSR count). The summed E-state index contributed by atoms with van der Waals surface area (Å²) in [6.45, 7) is 8.63. The Labute approximate surface area is 299 Å². The van der Waals surface area contributed by atoms with Gasteiger partial charge in [-0.15, -0.1) is 0 Å². The second-order valence-corrected chi connectivity index (χ2v) is 17.7. The molecule has 4 aliphatic heterocycles. The molecule has 3 atom stereocenters. The van der Waals surface area contributed by atoms with Gasteiger partial charge in [-0.25, -0.2) is 22.0 Å². The van der Waals surface area contributed by atoms with Crippen LogP contribution in [0.5, 0.6) is 0 Å². The fraction of sp³-hybridized carbons (Fsp3) is 0.579. The second kappa shape index (κ2) is 14.1. The third-order valence-corrected chi connectivity index (χ3v) is 14.5. The largest absolute Gasteiger partial charge is 0.465 e. The van der Waals surface area contributed by atoms with E-state index in [9.17, 15) is 27.5 Å². The molecule has 2 N–H and O–H groups in total. The molecule has 4 saturated heterocycles. The number of carbonyl (C=O) groups excluding carboxylic acids is 1. The average molecular weight is 726 g/mol. The van der Waals surface area contributed by atoms with Crippen LogP contribution in [0.1, 0.15) is 44.1 Å². The highest BCUT2D eigenvalue weighted by Gasteiger charge is 2.54. The monoisotopic (exact) mass is 725 g/mol. The maximum Gasteiger partial charge on any atom is 0.404 e. The lowest BCUT2D eigenvalue weighted by molar-refractivity contribution is -0.129. The first-order valence-corrected chi connectivity index (χ1v) is 19.8. The highest BCUT2D eigenvalue weighted by Crippen LogP contribution is 2.51. The molecule has 10 nitrogen and oxygen atoms in total. The van der Waals surface area contributed by atoms with E-state index in [4.69, 9.17) is 0 Å². The Morgan fingerprint density at radius 2 is 1.69 bits per heavy atom.